The first kappa shape index (κ1) is 21.5. The van der Waals surface area contributed by atoms with E-state index in [2.05, 4.69) is 30.5 Å². The summed E-state index contributed by atoms with van der Waals surface area (Å²) in [6.07, 6.45) is 4.45. The summed E-state index contributed by atoms with van der Waals surface area (Å²) < 4.78 is 3.29. The maximum absolute atomic E-state index is 13.4. The number of tetrazole rings is 1. The molecule has 0 fully saturated rings. The third-order valence-corrected chi connectivity index (χ3v) is 6.54. The van der Waals surface area contributed by atoms with Gasteiger partial charge < -0.3 is 15.3 Å². The van der Waals surface area contributed by atoms with Crippen molar-refractivity contribution in [3.05, 3.63) is 87.0 Å². The van der Waals surface area contributed by atoms with Gasteiger partial charge in [-0.2, -0.15) is 4.68 Å². The number of rotatable bonds is 4. The van der Waals surface area contributed by atoms with Gasteiger partial charge in [-0.25, -0.2) is 4.98 Å². The minimum atomic E-state index is -0.273. The lowest BCUT2D eigenvalue weighted by Gasteiger charge is -2.15. The number of H-pyrrole nitrogens is 1. The molecule has 1 aromatic carbocycles. The van der Waals surface area contributed by atoms with Crippen LogP contribution < -0.4 is 11.3 Å². The molecule has 0 saturated heterocycles. The number of aromatic amines is 1. The van der Waals surface area contributed by atoms with E-state index in [4.69, 9.17) is 28.9 Å². The Morgan fingerprint density at radius 2 is 2.00 bits per heavy atom. The second-order valence-corrected chi connectivity index (χ2v) is 8.97. The van der Waals surface area contributed by atoms with Gasteiger partial charge in [-0.3, -0.25) is 9.78 Å². The van der Waals surface area contributed by atoms with E-state index < -0.39 is 0 Å². The van der Waals surface area contributed by atoms with E-state index in [1.807, 2.05) is 12.1 Å². The molecule has 0 aliphatic carbocycles. The van der Waals surface area contributed by atoms with Crippen LogP contribution in [0.5, 0.6) is 0 Å². The third kappa shape index (κ3) is 3.76. The number of hydrogen-bond acceptors (Lipinski definition) is 7. The Balaban J connectivity index is 1.41. The molecule has 5 heterocycles. The number of hydrogen-bond donors (Lipinski definition) is 2. The molecule has 3 N–H and O–H groups in total. The maximum Gasteiger partial charge on any atom is 0.252 e. The average Bonchev–Trinajstić information content (AvgIpc) is 3.59. The van der Waals surface area contributed by atoms with Gasteiger partial charge in [0.1, 0.15) is 17.8 Å². The Bertz CT molecular complexity index is 1610. The van der Waals surface area contributed by atoms with E-state index in [0.717, 1.165) is 22.5 Å². The number of benzene rings is 1. The molecule has 0 bridgehead atoms. The zero-order valence-corrected chi connectivity index (χ0v) is 19.6. The molecule has 35 heavy (non-hydrogen) atoms. The van der Waals surface area contributed by atoms with Crippen molar-refractivity contribution < 1.29 is 0 Å². The third-order valence-electron chi connectivity index (χ3n) is 6.04. The molecule has 0 amide bonds. The predicted molar refractivity (Wildman–Crippen MR) is 132 cm³/mol. The number of fused-ring (bicyclic) bond motifs is 1. The molecule has 1 aliphatic rings. The summed E-state index contributed by atoms with van der Waals surface area (Å²) in [5.41, 5.74) is 10.5. The number of nitrogens with one attached hydrogen (secondary N) is 1. The van der Waals surface area contributed by atoms with Crippen molar-refractivity contribution in [3.8, 4) is 28.2 Å². The summed E-state index contributed by atoms with van der Waals surface area (Å²) in [6.45, 7) is 0. The van der Waals surface area contributed by atoms with Gasteiger partial charge in [-0.05, 0) is 65.2 Å². The standard InChI is InChI=1S/C23H17Cl2N9O/c24-13-1-5-18(33-11-28-31-32-33)16(9-13)12-7-15-3-6-19(34(15)20(35)8-12)23-29-21(22(25)30-23)17-4-2-14(26)10-27-17/h1-2,4-5,7-11,19H,3,6,26H2,(H,29,30)/t19-/m0/s1. The normalized spacial score (nSPS) is 14.9. The van der Waals surface area contributed by atoms with Crippen LogP contribution >= 0.6 is 23.2 Å². The van der Waals surface area contributed by atoms with Crippen molar-refractivity contribution in [2.24, 2.45) is 0 Å². The number of aromatic nitrogens is 8. The molecule has 4 aromatic heterocycles. The first-order chi connectivity index (χ1) is 17.0. The van der Waals surface area contributed by atoms with E-state index in [0.29, 0.717) is 45.9 Å². The summed E-state index contributed by atoms with van der Waals surface area (Å²) in [4.78, 5) is 25.4. The van der Waals surface area contributed by atoms with Gasteiger partial charge in [0.25, 0.3) is 5.56 Å². The van der Waals surface area contributed by atoms with Gasteiger partial charge in [-0.1, -0.05) is 23.2 Å². The number of anilines is 1. The first-order valence-electron chi connectivity index (χ1n) is 10.7. The van der Waals surface area contributed by atoms with Crippen molar-refractivity contribution in [1.82, 2.24) is 39.7 Å². The van der Waals surface area contributed by atoms with E-state index in [1.165, 1.54) is 11.0 Å². The molecule has 10 nitrogen and oxygen atoms in total. The lowest BCUT2D eigenvalue weighted by atomic mass is 10.0. The van der Waals surface area contributed by atoms with Crippen molar-refractivity contribution in [3.63, 3.8) is 0 Å². The number of aryl methyl sites for hydroxylation is 1. The second kappa shape index (κ2) is 8.33. The van der Waals surface area contributed by atoms with Crippen molar-refractivity contribution in [2.75, 3.05) is 5.73 Å². The monoisotopic (exact) mass is 505 g/mol. The van der Waals surface area contributed by atoms with Gasteiger partial charge >= 0.3 is 0 Å². The van der Waals surface area contributed by atoms with E-state index in [1.54, 1.807) is 41.1 Å². The lowest BCUT2D eigenvalue weighted by Crippen LogP contribution is -2.24. The molecule has 1 atom stereocenters. The number of halogens is 2. The van der Waals surface area contributed by atoms with Crippen LogP contribution in [-0.2, 0) is 6.42 Å². The summed E-state index contributed by atoms with van der Waals surface area (Å²) >= 11 is 12.7. The minimum Gasteiger partial charge on any atom is -0.397 e. The molecule has 5 aromatic rings. The number of nitrogen functional groups attached to an aromatic ring is 1. The van der Waals surface area contributed by atoms with Crippen molar-refractivity contribution >= 4 is 28.9 Å². The summed E-state index contributed by atoms with van der Waals surface area (Å²) in [6, 6.07) is 12.2. The molecule has 0 saturated carbocycles. The first-order valence-corrected chi connectivity index (χ1v) is 11.5. The van der Waals surface area contributed by atoms with Gasteiger partial charge in [0.2, 0.25) is 0 Å². The number of nitrogens with zero attached hydrogens (tertiary/aromatic N) is 7. The summed E-state index contributed by atoms with van der Waals surface area (Å²) in [5, 5.41) is 12.2. The fourth-order valence-corrected chi connectivity index (χ4v) is 4.88. The topological polar surface area (TPSA) is 133 Å². The zero-order chi connectivity index (χ0) is 24.1. The Hall–Kier alpha value is -4.02. The van der Waals surface area contributed by atoms with Gasteiger partial charge in [0.15, 0.2) is 5.15 Å². The SMILES string of the molecule is Nc1ccc(-c2[nH]c([C@@H]3CCc4cc(-c5cc(Cl)ccc5-n5cnnn5)cc(=O)n43)nc2Cl)nc1. The Morgan fingerprint density at radius 1 is 1.11 bits per heavy atom. The molecule has 1 aliphatic heterocycles. The smallest absolute Gasteiger partial charge is 0.252 e. The van der Waals surface area contributed by atoms with Crippen LogP contribution in [0.25, 0.3) is 28.2 Å². The quantitative estimate of drug-likeness (QED) is 0.380. The minimum absolute atomic E-state index is 0.151. The van der Waals surface area contributed by atoms with Crippen LogP contribution in [0.1, 0.15) is 24.0 Å². The van der Waals surface area contributed by atoms with E-state index in [9.17, 15) is 4.79 Å². The second-order valence-electron chi connectivity index (χ2n) is 8.18. The van der Waals surface area contributed by atoms with E-state index >= 15 is 0 Å². The maximum atomic E-state index is 13.4. The van der Waals surface area contributed by atoms with Crippen LogP contribution in [0.2, 0.25) is 10.2 Å². The van der Waals surface area contributed by atoms with Crippen molar-refractivity contribution in [1.29, 1.82) is 0 Å². The van der Waals surface area contributed by atoms with Crippen LogP contribution in [-0.4, -0.2) is 39.7 Å². The number of imidazole rings is 1. The highest BCUT2D eigenvalue weighted by molar-refractivity contribution is 6.32. The number of pyridine rings is 2. The molecule has 0 radical (unpaired) electrons. The number of nitrogens with two attached hydrogens (primary N) is 1. The fourth-order valence-electron chi connectivity index (χ4n) is 4.47. The fraction of sp³-hybridized carbons (Fsp3) is 0.130. The van der Waals surface area contributed by atoms with Crippen LogP contribution in [0, 0.1) is 0 Å². The van der Waals surface area contributed by atoms with Crippen LogP contribution in [0.4, 0.5) is 5.69 Å². The van der Waals surface area contributed by atoms with E-state index in [-0.39, 0.29) is 11.6 Å². The highest BCUT2D eigenvalue weighted by Crippen LogP contribution is 2.35. The van der Waals surface area contributed by atoms with Crippen LogP contribution in [0.3, 0.4) is 0 Å². The molecular weight excluding hydrogens is 489 g/mol. The summed E-state index contributed by atoms with van der Waals surface area (Å²) in [5.74, 6) is 0.606. The highest BCUT2D eigenvalue weighted by atomic mass is 35.5. The highest BCUT2D eigenvalue weighted by Gasteiger charge is 2.29. The molecule has 6 rings (SSSR count). The lowest BCUT2D eigenvalue weighted by molar-refractivity contribution is 0.572. The summed E-state index contributed by atoms with van der Waals surface area (Å²) in [7, 11) is 0. The Labute approximate surface area is 208 Å². The van der Waals surface area contributed by atoms with Gasteiger partial charge in [-0.15, -0.1) is 5.10 Å². The average molecular weight is 506 g/mol. The van der Waals surface area contributed by atoms with Gasteiger partial charge in [0.05, 0.1) is 29.3 Å². The predicted octanol–water partition coefficient (Wildman–Crippen LogP) is 3.70. The molecule has 0 spiro atoms. The zero-order valence-electron chi connectivity index (χ0n) is 18.1. The molecule has 0 unspecified atom stereocenters. The largest absolute Gasteiger partial charge is 0.397 e. The van der Waals surface area contributed by atoms with Crippen LogP contribution in [0.15, 0.2) is 59.8 Å². The van der Waals surface area contributed by atoms with Gasteiger partial charge in [0, 0.05) is 22.3 Å². The molecular formula is C23H17Cl2N9O. The Kier molecular flexibility index (Phi) is 5.12. The molecule has 174 valence electrons. The van der Waals surface area contributed by atoms with Crippen molar-refractivity contribution in [2.45, 2.75) is 18.9 Å². The molecule has 12 heteroatoms. The Morgan fingerprint density at radius 3 is 2.77 bits per heavy atom.